The Morgan fingerprint density at radius 2 is 1.94 bits per heavy atom. The van der Waals surface area contributed by atoms with Crippen molar-refractivity contribution in [3.05, 3.63) is 42.2 Å². The molecule has 5 rings (SSSR count). The molecule has 0 bridgehead atoms. The second-order valence-electron chi connectivity index (χ2n) is 10.3. The zero-order chi connectivity index (χ0) is 25.8. The molecule has 1 aromatic carbocycles. The maximum Gasteiger partial charge on any atom is 0.490 e. The van der Waals surface area contributed by atoms with E-state index in [1.165, 1.54) is 0 Å². The number of benzene rings is 1. The molecule has 2 N–H and O–H groups in total. The third-order valence-electron chi connectivity index (χ3n) is 6.74. The van der Waals surface area contributed by atoms with E-state index in [9.17, 15) is 22.8 Å². The number of anilines is 1. The van der Waals surface area contributed by atoms with Gasteiger partial charge in [0.05, 0.1) is 17.5 Å². The van der Waals surface area contributed by atoms with Gasteiger partial charge in [-0.05, 0) is 18.1 Å². The number of ether oxygens (including phenoxy) is 1. The van der Waals surface area contributed by atoms with Crippen LogP contribution in [0.2, 0.25) is 0 Å². The SMILES string of the molecule is CC(C)(C)C(=O)c1c[nH]c2ncc(-c3cccc(N4CC5CNC(OC(=O)C(F)(F)F)C5C4)c3)nc12. The number of nitrogens with one attached hydrogen (secondary N) is 2. The number of alkyl halides is 3. The summed E-state index contributed by atoms with van der Waals surface area (Å²) in [7, 11) is 0. The molecule has 0 radical (unpaired) electrons. The van der Waals surface area contributed by atoms with Crippen molar-refractivity contribution in [3.63, 3.8) is 0 Å². The first-order valence-electron chi connectivity index (χ1n) is 11.7. The van der Waals surface area contributed by atoms with E-state index in [0.29, 0.717) is 42.1 Å². The number of hydrogen-bond acceptors (Lipinski definition) is 7. The zero-order valence-electron chi connectivity index (χ0n) is 20.0. The molecule has 4 heterocycles. The minimum atomic E-state index is -5.02. The van der Waals surface area contributed by atoms with Gasteiger partial charge in [0.15, 0.2) is 17.7 Å². The first-order chi connectivity index (χ1) is 16.9. The molecule has 2 aliphatic heterocycles. The fraction of sp³-hybridized carbons (Fsp3) is 0.440. The molecule has 2 fully saturated rings. The van der Waals surface area contributed by atoms with Crippen molar-refractivity contribution in [2.45, 2.75) is 33.2 Å². The second kappa shape index (κ2) is 8.58. The molecule has 2 aliphatic rings. The van der Waals surface area contributed by atoms with Crippen molar-refractivity contribution in [2.24, 2.45) is 17.3 Å². The van der Waals surface area contributed by atoms with Crippen LogP contribution in [0.1, 0.15) is 31.1 Å². The Bertz CT molecular complexity index is 1330. The molecule has 8 nitrogen and oxygen atoms in total. The number of aromatic nitrogens is 3. The summed E-state index contributed by atoms with van der Waals surface area (Å²) in [5, 5.41) is 2.89. The molecule has 0 spiro atoms. The van der Waals surface area contributed by atoms with Crippen molar-refractivity contribution in [1.29, 1.82) is 0 Å². The highest BCUT2D eigenvalue weighted by Gasteiger charge is 2.49. The minimum Gasteiger partial charge on any atom is -0.440 e. The van der Waals surface area contributed by atoms with Gasteiger partial charge in [0.2, 0.25) is 0 Å². The van der Waals surface area contributed by atoms with Gasteiger partial charge in [-0.2, -0.15) is 13.2 Å². The maximum absolute atomic E-state index is 12.9. The predicted octanol–water partition coefficient (Wildman–Crippen LogP) is 3.94. The molecule has 190 valence electrons. The summed E-state index contributed by atoms with van der Waals surface area (Å²) < 4.78 is 42.7. The Balaban J connectivity index is 1.37. The molecule has 3 unspecified atom stereocenters. The summed E-state index contributed by atoms with van der Waals surface area (Å²) in [6.07, 6.45) is -2.72. The van der Waals surface area contributed by atoms with Crippen LogP contribution in [0.5, 0.6) is 0 Å². The van der Waals surface area contributed by atoms with Gasteiger partial charge >= 0.3 is 12.1 Å². The number of carbonyl (C=O) groups is 2. The zero-order valence-corrected chi connectivity index (χ0v) is 20.0. The number of hydrogen-bond donors (Lipinski definition) is 2. The van der Waals surface area contributed by atoms with E-state index in [1.807, 2.05) is 45.0 Å². The number of fused-ring (bicyclic) bond motifs is 2. The largest absolute Gasteiger partial charge is 0.490 e. The average Bonchev–Trinajstić information content (AvgIpc) is 3.52. The normalized spacial score (nSPS) is 22.2. The summed E-state index contributed by atoms with van der Waals surface area (Å²) in [5.41, 5.74) is 3.24. The number of esters is 1. The van der Waals surface area contributed by atoms with E-state index in [0.717, 1.165) is 11.3 Å². The Kier molecular flexibility index (Phi) is 5.77. The van der Waals surface area contributed by atoms with Crippen molar-refractivity contribution in [3.8, 4) is 11.3 Å². The Labute approximate surface area is 205 Å². The van der Waals surface area contributed by atoms with E-state index in [2.05, 4.69) is 20.2 Å². The fourth-order valence-electron chi connectivity index (χ4n) is 4.87. The topological polar surface area (TPSA) is 100 Å². The van der Waals surface area contributed by atoms with Gasteiger partial charge in [0.25, 0.3) is 0 Å². The number of rotatable bonds is 4. The lowest BCUT2D eigenvalue weighted by Gasteiger charge is -2.23. The number of Topliss-reactive ketones (excluding diaryl/α,β-unsaturated/α-hetero) is 1. The Hall–Kier alpha value is -3.47. The lowest BCUT2D eigenvalue weighted by molar-refractivity contribution is -0.207. The van der Waals surface area contributed by atoms with Gasteiger partial charge in [0, 0.05) is 48.4 Å². The van der Waals surface area contributed by atoms with Gasteiger partial charge < -0.3 is 14.6 Å². The molecule has 0 amide bonds. The number of aromatic amines is 1. The van der Waals surface area contributed by atoms with Crippen LogP contribution in [0.15, 0.2) is 36.7 Å². The molecule has 11 heteroatoms. The van der Waals surface area contributed by atoms with Crippen molar-refractivity contribution < 1.29 is 27.5 Å². The second-order valence-corrected chi connectivity index (χ2v) is 10.3. The Morgan fingerprint density at radius 3 is 2.67 bits per heavy atom. The van der Waals surface area contributed by atoms with Crippen LogP contribution < -0.4 is 10.2 Å². The minimum absolute atomic E-state index is 0.0352. The summed E-state index contributed by atoms with van der Waals surface area (Å²) >= 11 is 0. The first kappa shape index (κ1) is 24.2. The predicted molar refractivity (Wildman–Crippen MR) is 126 cm³/mol. The summed E-state index contributed by atoms with van der Waals surface area (Å²) in [5.74, 6) is -2.40. The Morgan fingerprint density at radius 1 is 1.17 bits per heavy atom. The van der Waals surface area contributed by atoms with E-state index in [-0.39, 0.29) is 17.6 Å². The van der Waals surface area contributed by atoms with Crippen LogP contribution in [-0.4, -0.2) is 58.7 Å². The van der Waals surface area contributed by atoms with E-state index in [1.54, 1.807) is 12.4 Å². The monoisotopic (exact) mass is 501 g/mol. The molecule has 0 saturated carbocycles. The summed E-state index contributed by atoms with van der Waals surface area (Å²) in [6.45, 7) is 7.09. The van der Waals surface area contributed by atoms with Crippen LogP contribution in [-0.2, 0) is 9.53 Å². The van der Waals surface area contributed by atoms with Crippen LogP contribution in [0.25, 0.3) is 22.4 Å². The first-order valence-corrected chi connectivity index (χ1v) is 11.7. The summed E-state index contributed by atoms with van der Waals surface area (Å²) in [6, 6.07) is 7.64. The van der Waals surface area contributed by atoms with E-state index < -0.39 is 23.8 Å². The van der Waals surface area contributed by atoms with Gasteiger partial charge in [-0.3, -0.25) is 10.1 Å². The molecule has 36 heavy (non-hydrogen) atoms. The number of carbonyl (C=O) groups excluding carboxylic acids is 2. The van der Waals surface area contributed by atoms with Gasteiger partial charge in [-0.15, -0.1) is 0 Å². The average molecular weight is 502 g/mol. The van der Waals surface area contributed by atoms with Crippen LogP contribution >= 0.6 is 0 Å². The van der Waals surface area contributed by atoms with Gasteiger partial charge in [0.1, 0.15) is 5.52 Å². The van der Waals surface area contributed by atoms with Crippen molar-refractivity contribution in [1.82, 2.24) is 20.3 Å². The van der Waals surface area contributed by atoms with E-state index in [4.69, 9.17) is 9.72 Å². The van der Waals surface area contributed by atoms with Crippen molar-refractivity contribution >= 4 is 28.6 Å². The number of H-pyrrole nitrogens is 1. The molecule has 2 saturated heterocycles. The highest BCUT2D eigenvalue weighted by Crippen LogP contribution is 2.36. The standard InChI is InChI=1S/C25H26F3N5O3/c1-24(2,3)20(34)16-9-29-21-19(16)32-18(10-30-21)13-5-4-6-15(7-13)33-11-14-8-31-22(17(14)12-33)36-23(35)25(26,27)28/h4-7,9-10,14,17,22,31H,8,11-12H2,1-3H3,(H,29,30). The van der Waals surface area contributed by atoms with Crippen LogP contribution in [0.3, 0.4) is 0 Å². The highest BCUT2D eigenvalue weighted by molar-refractivity contribution is 6.08. The number of halogens is 3. The lowest BCUT2D eigenvalue weighted by atomic mass is 9.87. The lowest BCUT2D eigenvalue weighted by Crippen LogP contribution is -2.40. The van der Waals surface area contributed by atoms with Gasteiger partial charge in [-0.25, -0.2) is 14.8 Å². The van der Waals surface area contributed by atoms with Crippen LogP contribution in [0, 0.1) is 17.3 Å². The third kappa shape index (κ3) is 4.43. The molecule has 2 aromatic heterocycles. The van der Waals surface area contributed by atoms with Gasteiger partial charge in [-0.1, -0.05) is 32.9 Å². The van der Waals surface area contributed by atoms with Crippen LogP contribution in [0.4, 0.5) is 18.9 Å². The maximum atomic E-state index is 12.9. The highest BCUT2D eigenvalue weighted by atomic mass is 19.4. The molecular formula is C25H26F3N5O3. The fourth-order valence-corrected chi connectivity index (χ4v) is 4.87. The molecule has 3 atom stereocenters. The van der Waals surface area contributed by atoms with Crippen molar-refractivity contribution in [2.75, 3.05) is 24.5 Å². The quantitative estimate of drug-likeness (QED) is 0.413. The number of ketones is 1. The smallest absolute Gasteiger partial charge is 0.440 e. The van der Waals surface area contributed by atoms with E-state index >= 15 is 0 Å². The summed E-state index contributed by atoms with van der Waals surface area (Å²) in [4.78, 5) is 38.4. The molecule has 3 aromatic rings. The number of nitrogens with zero attached hydrogens (tertiary/aromatic N) is 3. The molecule has 0 aliphatic carbocycles. The molecular weight excluding hydrogens is 475 g/mol. The third-order valence-corrected chi connectivity index (χ3v) is 6.74.